The Morgan fingerprint density at radius 2 is 1.73 bits per heavy atom. The molecule has 0 aliphatic heterocycles. The lowest BCUT2D eigenvalue weighted by molar-refractivity contribution is 0.120. The third kappa shape index (κ3) is 3.21. The highest BCUT2D eigenvalue weighted by Crippen LogP contribution is 2.42. The SMILES string of the molecule is CC(C)C1CCC(CCC2(O)CC2)CC1. The zero-order valence-corrected chi connectivity index (χ0v) is 10.3. The van der Waals surface area contributed by atoms with Crippen molar-refractivity contribution in [2.24, 2.45) is 17.8 Å². The molecule has 1 N–H and O–H groups in total. The Morgan fingerprint density at radius 1 is 1.13 bits per heavy atom. The maximum atomic E-state index is 9.80. The van der Waals surface area contributed by atoms with Gasteiger partial charge in [0.1, 0.15) is 0 Å². The van der Waals surface area contributed by atoms with Gasteiger partial charge in [-0.1, -0.05) is 26.7 Å². The van der Waals surface area contributed by atoms with Gasteiger partial charge < -0.3 is 5.11 Å². The third-order valence-corrected chi connectivity index (χ3v) is 4.68. The molecule has 15 heavy (non-hydrogen) atoms. The maximum Gasteiger partial charge on any atom is 0.0650 e. The van der Waals surface area contributed by atoms with Gasteiger partial charge >= 0.3 is 0 Å². The minimum Gasteiger partial charge on any atom is -0.390 e. The second-order valence-corrected chi connectivity index (χ2v) is 6.29. The lowest BCUT2D eigenvalue weighted by atomic mass is 9.75. The number of rotatable bonds is 4. The van der Waals surface area contributed by atoms with Crippen LogP contribution in [0.25, 0.3) is 0 Å². The molecule has 88 valence electrons. The summed E-state index contributed by atoms with van der Waals surface area (Å²) in [6, 6.07) is 0. The molecule has 2 saturated carbocycles. The molecule has 0 amide bonds. The molecular weight excluding hydrogens is 184 g/mol. The van der Waals surface area contributed by atoms with Gasteiger partial charge in [-0.2, -0.15) is 0 Å². The minimum absolute atomic E-state index is 0.213. The van der Waals surface area contributed by atoms with Gasteiger partial charge in [0.15, 0.2) is 0 Å². The van der Waals surface area contributed by atoms with E-state index in [0.717, 1.165) is 37.0 Å². The Bertz CT molecular complexity index is 197. The lowest BCUT2D eigenvalue weighted by Crippen LogP contribution is -2.20. The van der Waals surface area contributed by atoms with Gasteiger partial charge in [0.2, 0.25) is 0 Å². The summed E-state index contributed by atoms with van der Waals surface area (Å²) < 4.78 is 0. The molecule has 0 saturated heterocycles. The fourth-order valence-corrected chi connectivity index (χ4v) is 3.01. The average Bonchev–Trinajstić information content (AvgIpc) is 2.95. The Balaban J connectivity index is 1.65. The van der Waals surface area contributed by atoms with Crippen LogP contribution in [-0.4, -0.2) is 10.7 Å². The molecule has 2 fully saturated rings. The fraction of sp³-hybridized carbons (Fsp3) is 1.00. The molecule has 0 radical (unpaired) electrons. The van der Waals surface area contributed by atoms with Crippen LogP contribution in [0.1, 0.15) is 65.2 Å². The molecule has 2 aliphatic rings. The molecule has 0 spiro atoms. The van der Waals surface area contributed by atoms with Crippen LogP contribution < -0.4 is 0 Å². The van der Waals surface area contributed by atoms with Crippen LogP contribution in [-0.2, 0) is 0 Å². The monoisotopic (exact) mass is 210 g/mol. The predicted octanol–water partition coefficient (Wildman–Crippen LogP) is 3.75. The van der Waals surface area contributed by atoms with E-state index in [1.807, 2.05) is 0 Å². The standard InChI is InChI=1S/C14H26O/c1-11(2)13-5-3-12(4-6-13)7-8-14(15)9-10-14/h11-13,15H,3-10H2,1-2H3. The van der Waals surface area contributed by atoms with E-state index < -0.39 is 0 Å². The first-order valence-corrected chi connectivity index (χ1v) is 6.81. The van der Waals surface area contributed by atoms with Crippen molar-refractivity contribution in [3.05, 3.63) is 0 Å². The Labute approximate surface area is 94.3 Å². The van der Waals surface area contributed by atoms with Crippen molar-refractivity contribution in [3.8, 4) is 0 Å². The molecule has 0 atom stereocenters. The topological polar surface area (TPSA) is 20.2 Å². The summed E-state index contributed by atoms with van der Waals surface area (Å²) in [6.07, 6.45) is 10.2. The van der Waals surface area contributed by atoms with Gasteiger partial charge in [0.05, 0.1) is 5.60 Å². The molecule has 0 bridgehead atoms. The molecule has 2 aliphatic carbocycles. The van der Waals surface area contributed by atoms with Gasteiger partial charge in [-0.15, -0.1) is 0 Å². The smallest absolute Gasteiger partial charge is 0.0650 e. The Kier molecular flexibility index (Phi) is 3.39. The van der Waals surface area contributed by atoms with E-state index in [1.165, 1.54) is 32.1 Å². The first-order chi connectivity index (χ1) is 7.09. The molecule has 0 aromatic carbocycles. The van der Waals surface area contributed by atoms with E-state index in [2.05, 4.69) is 13.8 Å². The first-order valence-electron chi connectivity index (χ1n) is 6.81. The van der Waals surface area contributed by atoms with Crippen LogP contribution in [0.3, 0.4) is 0 Å². The highest BCUT2D eigenvalue weighted by atomic mass is 16.3. The summed E-state index contributed by atoms with van der Waals surface area (Å²) in [7, 11) is 0. The highest BCUT2D eigenvalue weighted by molar-refractivity contribution is 4.93. The van der Waals surface area contributed by atoms with Crippen molar-refractivity contribution in [1.29, 1.82) is 0 Å². The van der Waals surface area contributed by atoms with Crippen LogP contribution in [0.15, 0.2) is 0 Å². The summed E-state index contributed by atoms with van der Waals surface area (Å²) in [5.41, 5.74) is -0.213. The van der Waals surface area contributed by atoms with Crippen molar-refractivity contribution in [2.45, 2.75) is 70.8 Å². The van der Waals surface area contributed by atoms with Crippen molar-refractivity contribution in [3.63, 3.8) is 0 Å². The Morgan fingerprint density at radius 3 is 2.20 bits per heavy atom. The second-order valence-electron chi connectivity index (χ2n) is 6.29. The minimum atomic E-state index is -0.213. The molecule has 2 rings (SSSR count). The van der Waals surface area contributed by atoms with Crippen LogP contribution >= 0.6 is 0 Å². The van der Waals surface area contributed by atoms with E-state index in [0.29, 0.717) is 0 Å². The first kappa shape index (κ1) is 11.4. The number of hydrogen-bond acceptors (Lipinski definition) is 1. The maximum absolute atomic E-state index is 9.80. The number of aliphatic hydroxyl groups is 1. The molecule has 0 heterocycles. The zero-order valence-electron chi connectivity index (χ0n) is 10.3. The quantitative estimate of drug-likeness (QED) is 0.749. The third-order valence-electron chi connectivity index (χ3n) is 4.68. The summed E-state index contributed by atoms with van der Waals surface area (Å²) in [4.78, 5) is 0. The molecule has 1 heteroatoms. The Hall–Kier alpha value is -0.0400. The van der Waals surface area contributed by atoms with Gasteiger partial charge in [0.25, 0.3) is 0 Å². The van der Waals surface area contributed by atoms with Crippen molar-refractivity contribution >= 4 is 0 Å². The fourth-order valence-electron chi connectivity index (χ4n) is 3.01. The van der Waals surface area contributed by atoms with Crippen LogP contribution in [0, 0.1) is 17.8 Å². The molecular formula is C14H26O. The van der Waals surface area contributed by atoms with E-state index in [9.17, 15) is 5.11 Å². The van der Waals surface area contributed by atoms with Gasteiger partial charge in [0, 0.05) is 0 Å². The molecule has 0 aromatic rings. The average molecular weight is 210 g/mol. The van der Waals surface area contributed by atoms with Gasteiger partial charge in [-0.25, -0.2) is 0 Å². The number of hydrogen-bond donors (Lipinski definition) is 1. The van der Waals surface area contributed by atoms with Gasteiger partial charge in [-0.3, -0.25) is 0 Å². The van der Waals surface area contributed by atoms with Crippen LogP contribution in [0.2, 0.25) is 0 Å². The van der Waals surface area contributed by atoms with Crippen LogP contribution in [0.5, 0.6) is 0 Å². The van der Waals surface area contributed by atoms with E-state index in [4.69, 9.17) is 0 Å². The summed E-state index contributed by atoms with van der Waals surface area (Å²) in [5.74, 6) is 2.77. The van der Waals surface area contributed by atoms with E-state index >= 15 is 0 Å². The summed E-state index contributed by atoms with van der Waals surface area (Å²) in [5, 5.41) is 9.80. The van der Waals surface area contributed by atoms with Crippen LogP contribution in [0.4, 0.5) is 0 Å². The largest absolute Gasteiger partial charge is 0.390 e. The predicted molar refractivity (Wildman–Crippen MR) is 63.7 cm³/mol. The van der Waals surface area contributed by atoms with Gasteiger partial charge in [-0.05, 0) is 56.3 Å². The van der Waals surface area contributed by atoms with E-state index in [-0.39, 0.29) is 5.60 Å². The van der Waals surface area contributed by atoms with Crippen molar-refractivity contribution < 1.29 is 5.11 Å². The van der Waals surface area contributed by atoms with Crippen molar-refractivity contribution in [2.75, 3.05) is 0 Å². The normalized spacial score (nSPS) is 34.4. The second kappa shape index (κ2) is 4.45. The molecule has 1 nitrogen and oxygen atoms in total. The summed E-state index contributed by atoms with van der Waals surface area (Å²) >= 11 is 0. The highest BCUT2D eigenvalue weighted by Gasteiger charge is 2.40. The summed E-state index contributed by atoms with van der Waals surface area (Å²) in [6.45, 7) is 4.72. The molecule has 0 unspecified atom stereocenters. The van der Waals surface area contributed by atoms with E-state index in [1.54, 1.807) is 0 Å². The zero-order chi connectivity index (χ0) is 10.9. The van der Waals surface area contributed by atoms with Crippen molar-refractivity contribution in [1.82, 2.24) is 0 Å². The molecule has 0 aromatic heterocycles. The lowest BCUT2D eigenvalue weighted by Gasteiger charge is -2.31.